The number of nitro groups is 3. The first-order chi connectivity index (χ1) is 29.9. The number of likely N-dealkylation sites (tertiary alicyclic amines) is 2. The molecule has 0 aromatic heterocycles. The minimum atomic E-state index is -1.14. The highest BCUT2D eigenvalue weighted by atomic mass is 32.2. The Labute approximate surface area is 363 Å². The number of carbonyl (C=O) groups is 5. The van der Waals surface area contributed by atoms with Gasteiger partial charge in [-0.15, -0.1) is 0 Å². The first-order valence-corrected chi connectivity index (χ1v) is 20.2. The molecular weight excluding hydrogens is 849 g/mol. The summed E-state index contributed by atoms with van der Waals surface area (Å²) in [5.41, 5.74) is 1.24. The number of esters is 1. The largest absolute Gasteiger partial charge is 0.508 e. The fourth-order valence-corrected chi connectivity index (χ4v) is 7.90. The molecule has 2 heterocycles. The molecule has 5 rings (SSSR count). The van der Waals surface area contributed by atoms with Gasteiger partial charge in [0.2, 0.25) is 5.91 Å². The number of β-lactam (4-membered cyclic amide) rings is 1. The van der Waals surface area contributed by atoms with Gasteiger partial charge >= 0.3 is 18.2 Å². The standard InChI is InChI=1S/C41H42N6O15S/c1-24(2)37(39(50)59-21-27-5-11-30(12-6-27)45(53)54)44-34(36(38(44)49)25(3)62-41(52)61-23-29-9-15-32(16-10-29)47(57)58)19-35(48)63-33-17-18-43(20-33)26(4)42-40(51)60-22-28-7-13-31(14-8-28)46(55)56/h5-16,25,33-34,36H,17-23H2,1-4H3/t25-,33+,34-,36-/m1/s1. The predicted octanol–water partition coefficient (Wildman–Crippen LogP) is 6.80. The van der Waals surface area contributed by atoms with E-state index in [4.69, 9.17) is 18.9 Å². The molecule has 22 heteroatoms. The summed E-state index contributed by atoms with van der Waals surface area (Å²) in [4.78, 5) is 105. The molecule has 0 saturated carbocycles. The van der Waals surface area contributed by atoms with Gasteiger partial charge in [-0.1, -0.05) is 11.8 Å². The van der Waals surface area contributed by atoms with Crippen LogP contribution in [0.25, 0.3) is 0 Å². The fraction of sp³-hybridized carbons (Fsp3) is 0.366. The molecule has 0 bridgehead atoms. The summed E-state index contributed by atoms with van der Waals surface area (Å²) in [6.07, 6.45) is -2.89. The number of nitro benzene ring substituents is 3. The third kappa shape index (κ3) is 12.4. The Kier molecular flexibility index (Phi) is 15.6. The van der Waals surface area contributed by atoms with Crippen LogP contribution in [-0.4, -0.2) is 90.1 Å². The number of non-ortho nitro benzene ring substituents is 3. The lowest BCUT2D eigenvalue weighted by molar-refractivity contribution is -0.385. The molecule has 2 fully saturated rings. The SMILES string of the molecule is CC(=NC(=O)OCc1ccc([N+](=O)[O-])cc1)N1CC[C@H](SC(=O)C[C@@H]2[C@@H]([C@@H](C)OC(=O)OCc3ccc([N+](=O)[O-])cc3)C(=O)N2C(C(=O)OCc2ccc([N+](=O)[O-])cc2)=C(C)C)C1. The molecule has 2 amide bonds. The Hall–Kier alpha value is -7.23. The Morgan fingerprint density at radius 3 is 1.71 bits per heavy atom. The molecule has 3 aromatic carbocycles. The van der Waals surface area contributed by atoms with E-state index in [1.807, 2.05) is 0 Å². The van der Waals surface area contributed by atoms with E-state index < -0.39 is 57.0 Å². The molecule has 332 valence electrons. The van der Waals surface area contributed by atoms with E-state index in [-0.39, 0.29) is 59.4 Å². The summed E-state index contributed by atoms with van der Waals surface area (Å²) in [5, 5.41) is 32.3. The number of allylic oxidation sites excluding steroid dienone is 1. The van der Waals surface area contributed by atoms with Crippen molar-refractivity contribution >= 4 is 63.9 Å². The number of hydrogen-bond donors (Lipinski definition) is 0. The van der Waals surface area contributed by atoms with Crippen LogP contribution in [0.5, 0.6) is 0 Å². The van der Waals surface area contributed by atoms with Gasteiger partial charge in [0.1, 0.15) is 37.5 Å². The fourth-order valence-electron chi connectivity index (χ4n) is 6.78. The van der Waals surface area contributed by atoms with E-state index in [0.29, 0.717) is 47.6 Å². The summed E-state index contributed by atoms with van der Waals surface area (Å²) in [6, 6.07) is 15.2. The van der Waals surface area contributed by atoms with Gasteiger partial charge in [-0.2, -0.15) is 4.99 Å². The first-order valence-electron chi connectivity index (χ1n) is 19.3. The van der Waals surface area contributed by atoms with Crippen LogP contribution in [0.2, 0.25) is 0 Å². The Morgan fingerprint density at radius 1 is 0.762 bits per heavy atom. The smallest absolute Gasteiger partial charge is 0.456 e. The molecule has 2 aliphatic rings. The minimum Gasteiger partial charge on any atom is -0.456 e. The lowest BCUT2D eigenvalue weighted by Crippen LogP contribution is -2.65. The monoisotopic (exact) mass is 890 g/mol. The van der Waals surface area contributed by atoms with E-state index in [1.54, 1.807) is 25.7 Å². The molecule has 0 N–H and O–H groups in total. The van der Waals surface area contributed by atoms with E-state index in [2.05, 4.69) is 4.99 Å². The zero-order valence-electron chi connectivity index (χ0n) is 34.4. The Balaban J connectivity index is 1.23. The van der Waals surface area contributed by atoms with Gasteiger partial charge < -0.3 is 28.7 Å². The van der Waals surface area contributed by atoms with Gasteiger partial charge in [0.15, 0.2) is 5.12 Å². The third-order valence-electron chi connectivity index (χ3n) is 10.0. The summed E-state index contributed by atoms with van der Waals surface area (Å²) in [6.45, 7) is 6.29. The van der Waals surface area contributed by atoms with Crippen LogP contribution >= 0.6 is 11.8 Å². The second-order valence-electron chi connectivity index (χ2n) is 14.6. The number of benzene rings is 3. The first kappa shape index (κ1) is 46.8. The maximum absolute atomic E-state index is 13.9. The molecular formula is C41H42N6O15S. The van der Waals surface area contributed by atoms with Gasteiger partial charge in [-0.3, -0.25) is 39.9 Å². The molecule has 3 aromatic rings. The van der Waals surface area contributed by atoms with Crippen LogP contribution in [0, 0.1) is 36.3 Å². The van der Waals surface area contributed by atoms with Gasteiger partial charge in [0, 0.05) is 61.2 Å². The normalized spacial score (nSPS) is 17.5. The van der Waals surface area contributed by atoms with Crippen molar-refractivity contribution in [2.45, 2.75) is 77.8 Å². The summed E-state index contributed by atoms with van der Waals surface area (Å²) >= 11 is 1.02. The molecule has 21 nitrogen and oxygen atoms in total. The van der Waals surface area contributed by atoms with E-state index in [0.717, 1.165) is 16.7 Å². The number of thioether (sulfide) groups is 1. The van der Waals surface area contributed by atoms with Crippen LogP contribution in [0.15, 0.2) is 89.1 Å². The quantitative estimate of drug-likeness (QED) is 0.0209. The highest BCUT2D eigenvalue weighted by Gasteiger charge is 2.55. The third-order valence-corrected chi connectivity index (χ3v) is 11.2. The van der Waals surface area contributed by atoms with Crippen molar-refractivity contribution in [2.75, 3.05) is 13.1 Å². The Morgan fingerprint density at radius 2 is 1.24 bits per heavy atom. The van der Waals surface area contributed by atoms with Crippen molar-refractivity contribution in [1.29, 1.82) is 0 Å². The van der Waals surface area contributed by atoms with Crippen LogP contribution in [-0.2, 0) is 53.2 Å². The molecule has 0 radical (unpaired) electrons. The van der Waals surface area contributed by atoms with E-state index >= 15 is 0 Å². The summed E-state index contributed by atoms with van der Waals surface area (Å²) < 4.78 is 21.4. The average molecular weight is 891 g/mol. The molecule has 2 aliphatic heterocycles. The predicted molar refractivity (Wildman–Crippen MR) is 223 cm³/mol. The maximum Gasteiger partial charge on any atom is 0.508 e. The number of ether oxygens (including phenoxy) is 4. The van der Waals surface area contributed by atoms with Crippen molar-refractivity contribution in [3.05, 3.63) is 131 Å². The molecule has 0 spiro atoms. The second kappa shape index (κ2) is 21.0. The van der Waals surface area contributed by atoms with Crippen LogP contribution < -0.4 is 0 Å². The highest BCUT2D eigenvalue weighted by molar-refractivity contribution is 8.14. The van der Waals surface area contributed by atoms with E-state index in [1.165, 1.54) is 79.7 Å². The lowest BCUT2D eigenvalue weighted by Gasteiger charge is -2.49. The number of rotatable bonds is 16. The minimum absolute atomic E-state index is 0.103. The maximum atomic E-state index is 13.9. The summed E-state index contributed by atoms with van der Waals surface area (Å²) in [5.74, 6) is -2.27. The van der Waals surface area contributed by atoms with Crippen molar-refractivity contribution < 1.29 is 57.7 Å². The van der Waals surface area contributed by atoms with Gasteiger partial charge in [0.25, 0.3) is 17.1 Å². The van der Waals surface area contributed by atoms with Crippen LogP contribution in [0.1, 0.15) is 57.2 Å². The molecule has 0 aliphatic carbocycles. The Bertz CT molecular complexity index is 2320. The van der Waals surface area contributed by atoms with Crippen molar-refractivity contribution in [3.63, 3.8) is 0 Å². The van der Waals surface area contributed by atoms with Gasteiger partial charge in [-0.25, -0.2) is 14.4 Å². The molecule has 4 atom stereocenters. The zero-order chi connectivity index (χ0) is 46.0. The van der Waals surface area contributed by atoms with Gasteiger partial charge in [-0.05, 0) is 92.8 Å². The number of carbonyl (C=O) groups excluding carboxylic acids is 5. The molecule has 0 unspecified atom stereocenters. The van der Waals surface area contributed by atoms with Crippen molar-refractivity contribution in [3.8, 4) is 0 Å². The molecule has 2 saturated heterocycles. The van der Waals surface area contributed by atoms with Crippen LogP contribution in [0.3, 0.4) is 0 Å². The topological polar surface area (TPSA) is 271 Å². The number of aliphatic imine (C=N–C) groups is 1. The average Bonchev–Trinajstić information content (AvgIpc) is 3.71. The number of nitrogens with zero attached hydrogens (tertiary/aromatic N) is 6. The summed E-state index contributed by atoms with van der Waals surface area (Å²) in [7, 11) is 0. The number of amidine groups is 1. The van der Waals surface area contributed by atoms with Crippen molar-refractivity contribution in [1.82, 2.24) is 9.80 Å². The zero-order valence-corrected chi connectivity index (χ0v) is 35.2. The van der Waals surface area contributed by atoms with Gasteiger partial charge in [0.05, 0.1) is 26.7 Å². The molecule has 63 heavy (non-hydrogen) atoms. The highest BCUT2D eigenvalue weighted by Crippen LogP contribution is 2.40. The van der Waals surface area contributed by atoms with E-state index in [9.17, 15) is 54.3 Å². The van der Waals surface area contributed by atoms with Crippen LogP contribution in [0.4, 0.5) is 26.7 Å². The number of hydrogen-bond acceptors (Lipinski definition) is 16. The lowest BCUT2D eigenvalue weighted by atomic mass is 9.80. The second-order valence-corrected chi connectivity index (χ2v) is 16.0. The number of amides is 2. The van der Waals surface area contributed by atoms with Crippen molar-refractivity contribution in [2.24, 2.45) is 10.9 Å².